The third-order valence-corrected chi connectivity index (χ3v) is 6.15. The van der Waals surface area contributed by atoms with E-state index in [1.807, 2.05) is 25.3 Å². The lowest BCUT2D eigenvalue weighted by atomic mass is 10.0. The summed E-state index contributed by atoms with van der Waals surface area (Å²) < 4.78 is 24.4. The molecule has 1 unspecified atom stereocenters. The number of fused-ring (bicyclic) bond motifs is 1. The van der Waals surface area contributed by atoms with Crippen molar-refractivity contribution >= 4 is 23.2 Å². The van der Waals surface area contributed by atoms with Gasteiger partial charge in [-0.1, -0.05) is 19.9 Å². The molecule has 3 rings (SSSR count). The van der Waals surface area contributed by atoms with E-state index in [2.05, 4.69) is 0 Å². The SMILES string of the molecule is COCC(=O)N(CC(=O)N1CCc2sccc2C1COc1cccc(F)c1)CC(C)C. The highest BCUT2D eigenvalue weighted by Gasteiger charge is 2.33. The number of ether oxygens (including phenoxy) is 2. The molecule has 0 radical (unpaired) electrons. The summed E-state index contributed by atoms with van der Waals surface area (Å²) in [6.45, 7) is 5.21. The number of carbonyl (C=O) groups excluding carboxylic acids is 2. The van der Waals surface area contributed by atoms with Gasteiger partial charge in [-0.05, 0) is 41.5 Å². The molecule has 1 aliphatic heterocycles. The predicted molar refractivity (Wildman–Crippen MR) is 118 cm³/mol. The highest BCUT2D eigenvalue weighted by molar-refractivity contribution is 7.10. The minimum absolute atomic E-state index is 0.00366. The summed E-state index contributed by atoms with van der Waals surface area (Å²) in [7, 11) is 1.47. The summed E-state index contributed by atoms with van der Waals surface area (Å²) in [5.41, 5.74) is 1.06. The summed E-state index contributed by atoms with van der Waals surface area (Å²) in [5, 5.41) is 2.01. The molecule has 2 amide bonds. The third-order valence-electron chi connectivity index (χ3n) is 5.15. The fourth-order valence-corrected chi connectivity index (χ4v) is 4.70. The Kier molecular flexibility index (Phi) is 8.03. The standard InChI is InChI=1S/C23H29FN2O4S/c1-16(2)12-25(23(28)15-29-3)13-22(27)26-9-7-21-19(8-10-31-21)20(26)14-30-18-6-4-5-17(24)11-18/h4-6,8,10-11,16,20H,7,9,12-15H2,1-3H3. The molecule has 0 saturated carbocycles. The number of methoxy groups -OCH3 is 1. The van der Waals surface area contributed by atoms with E-state index in [1.165, 1.54) is 24.1 Å². The lowest BCUT2D eigenvalue weighted by Gasteiger charge is -2.37. The smallest absolute Gasteiger partial charge is 0.249 e. The quantitative estimate of drug-likeness (QED) is 0.589. The molecule has 6 nitrogen and oxygen atoms in total. The number of carbonyl (C=O) groups is 2. The molecule has 0 spiro atoms. The van der Waals surface area contributed by atoms with Gasteiger partial charge < -0.3 is 19.3 Å². The van der Waals surface area contributed by atoms with Crippen molar-refractivity contribution in [3.05, 3.63) is 52.0 Å². The molecule has 1 aromatic carbocycles. The van der Waals surface area contributed by atoms with Crippen molar-refractivity contribution in [2.75, 3.05) is 40.0 Å². The minimum Gasteiger partial charge on any atom is -0.491 e. The first-order valence-electron chi connectivity index (χ1n) is 10.4. The second-order valence-corrected chi connectivity index (χ2v) is 9.02. The van der Waals surface area contributed by atoms with Crippen molar-refractivity contribution in [1.29, 1.82) is 0 Å². The average molecular weight is 449 g/mol. The van der Waals surface area contributed by atoms with E-state index in [1.54, 1.807) is 33.3 Å². The van der Waals surface area contributed by atoms with Gasteiger partial charge in [0.2, 0.25) is 11.8 Å². The van der Waals surface area contributed by atoms with Gasteiger partial charge >= 0.3 is 0 Å². The second-order valence-electron chi connectivity index (χ2n) is 8.02. The van der Waals surface area contributed by atoms with Crippen LogP contribution in [-0.2, 0) is 20.7 Å². The summed E-state index contributed by atoms with van der Waals surface area (Å²) in [6.07, 6.45) is 0.769. The van der Waals surface area contributed by atoms with Gasteiger partial charge in [-0.25, -0.2) is 4.39 Å². The van der Waals surface area contributed by atoms with Crippen LogP contribution in [0.15, 0.2) is 35.7 Å². The number of rotatable bonds is 9. The number of thiophene rings is 1. The molecular weight excluding hydrogens is 419 g/mol. The maximum Gasteiger partial charge on any atom is 0.249 e. The molecule has 0 saturated heterocycles. The van der Waals surface area contributed by atoms with Gasteiger partial charge in [0, 0.05) is 31.1 Å². The van der Waals surface area contributed by atoms with E-state index in [0.29, 0.717) is 18.8 Å². The van der Waals surface area contributed by atoms with E-state index in [9.17, 15) is 14.0 Å². The number of benzene rings is 1. The number of amides is 2. The fourth-order valence-electron chi connectivity index (χ4n) is 3.77. The Morgan fingerprint density at radius 1 is 1.32 bits per heavy atom. The minimum atomic E-state index is -0.369. The molecule has 1 aromatic heterocycles. The molecule has 168 valence electrons. The maximum atomic E-state index is 13.5. The molecule has 0 fully saturated rings. The molecule has 1 aliphatic rings. The van der Waals surface area contributed by atoms with Crippen molar-refractivity contribution in [2.24, 2.45) is 5.92 Å². The van der Waals surface area contributed by atoms with Gasteiger partial charge in [0.15, 0.2) is 0 Å². The zero-order valence-electron chi connectivity index (χ0n) is 18.2. The van der Waals surface area contributed by atoms with Gasteiger partial charge in [-0.3, -0.25) is 9.59 Å². The van der Waals surface area contributed by atoms with E-state index >= 15 is 0 Å². The van der Waals surface area contributed by atoms with Crippen molar-refractivity contribution in [2.45, 2.75) is 26.3 Å². The van der Waals surface area contributed by atoms with Crippen LogP contribution >= 0.6 is 11.3 Å². The highest BCUT2D eigenvalue weighted by atomic mass is 32.1. The Morgan fingerprint density at radius 2 is 2.13 bits per heavy atom. The van der Waals surface area contributed by atoms with E-state index < -0.39 is 0 Å². The number of hydrogen-bond donors (Lipinski definition) is 0. The Balaban J connectivity index is 1.76. The van der Waals surface area contributed by atoms with Gasteiger partial charge in [0.1, 0.15) is 24.8 Å². The summed E-state index contributed by atoms with van der Waals surface area (Å²) in [6, 6.07) is 7.71. The molecular formula is C23H29FN2O4S. The molecule has 31 heavy (non-hydrogen) atoms. The molecule has 1 atom stereocenters. The average Bonchev–Trinajstić information content (AvgIpc) is 3.20. The topological polar surface area (TPSA) is 59.1 Å². The summed E-state index contributed by atoms with van der Waals surface area (Å²) in [5.74, 6) is -0.0524. The van der Waals surface area contributed by atoms with Crippen LogP contribution in [0.5, 0.6) is 5.75 Å². The van der Waals surface area contributed by atoms with Crippen molar-refractivity contribution in [1.82, 2.24) is 9.80 Å². The zero-order valence-corrected chi connectivity index (χ0v) is 19.0. The number of hydrogen-bond acceptors (Lipinski definition) is 5. The lowest BCUT2D eigenvalue weighted by Crippen LogP contribution is -2.49. The third kappa shape index (κ3) is 6.04. The number of nitrogens with zero attached hydrogens (tertiary/aromatic N) is 2. The molecule has 8 heteroatoms. The molecule has 0 bridgehead atoms. The van der Waals surface area contributed by atoms with Crippen molar-refractivity contribution < 1.29 is 23.5 Å². The van der Waals surface area contributed by atoms with Gasteiger partial charge in [-0.15, -0.1) is 11.3 Å². The van der Waals surface area contributed by atoms with E-state index in [0.717, 1.165) is 12.0 Å². The number of halogens is 1. The molecule has 0 N–H and O–H groups in total. The molecule has 2 heterocycles. The lowest BCUT2D eigenvalue weighted by molar-refractivity contribution is -0.145. The van der Waals surface area contributed by atoms with Gasteiger partial charge in [0.05, 0.1) is 12.6 Å². The first-order valence-corrected chi connectivity index (χ1v) is 11.3. The van der Waals surface area contributed by atoms with Crippen LogP contribution in [0.2, 0.25) is 0 Å². The van der Waals surface area contributed by atoms with Crippen LogP contribution in [0, 0.1) is 11.7 Å². The first-order chi connectivity index (χ1) is 14.9. The molecule has 0 aliphatic carbocycles. The van der Waals surface area contributed by atoms with E-state index in [4.69, 9.17) is 9.47 Å². The van der Waals surface area contributed by atoms with Crippen molar-refractivity contribution in [3.8, 4) is 5.75 Å². The maximum absolute atomic E-state index is 13.5. The normalized spacial score (nSPS) is 15.6. The predicted octanol–water partition coefficient (Wildman–Crippen LogP) is 3.52. The first kappa shape index (κ1) is 23.2. The summed E-state index contributed by atoms with van der Waals surface area (Å²) >= 11 is 1.67. The van der Waals surface area contributed by atoms with Crippen molar-refractivity contribution in [3.63, 3.8) is 0 Å². The van der Waals surface area contributed by atoms with Crippen LogP contribution in [0.25, 0.3) is 0 Å². The van der Waals surface area contributed by atoms with Gasteiger partial charge in [-0.2, -0.15) is 0 Å². The second kappa shape index (κ2) is 10.7. The molecule has 2 aromatic rings. The monoisotopic (exact) mass is 448 g/mol. The van der Waals surface area contributed by atoms with Crippen LogP contribution in [0.1, 0.15) is 30.3 Å². The highest BCUT2D eigenvalue weighted by Crippen LogP contribution is 2.34. The Morgan fingerprint density at radius 3 is 2.84 bits per heavy atom. The van der Waals surface area contributed by atoms with Crippen LogP contribution in [0.3, 0.4) is 0 Å². The van der Waals surface area contributed by atoms with Crippen LogP contribution in [-0.4, -0.2) is 61.6 Å². The zero-order chi connectivity index (χ0) is 22.4. The Labute approximate surface area is 186 Å². The Bertz CT molecular complexity index is 901. The Hall–Kier alpha value is -2.45. The largest absolute Gasteiger partial charge is 0.491 e. The van der Waals surface area contributed by atoms with E-state index in [-0.39, 0.29) is 49.3 Å². The van der Waals surface area contributed by atoms with Gasteiger partial charge in [0.25, 0.3) is 0 Å². The van der Waals surface area contributed by atoms with Crippen LogP contribution in [0.4, 0.5) is 4.39 Å². The van der Waals surface area contributed by atoms with Crippen LogP contribution < -0.4 is 4.74 Å². The summed E-state index contributed by atoms with van der Waals surface area (Å²) in [4.78, 5) is 30.3. The fraction of sp³-hybridized carbons (Fsp3) is 0.478.